The van der Waals surface area contributed by atoms with Crippen molar-refractivity contribution < 1.29 is 9.85 Å². The van der Waals surface area contributed by atoms with Crippen LogP contribution in [-0.2, 0) is 0 Å². The van der Waals surface area contributed by atoms with Crippen molar-refractivity contribution >= 4 is 22.4 Å². The highest BCUT2D eigenvalue weighted by Crippen LogP contribution is 2.24. The van der Waals surface area contributed by atoms with Gasteiger partial charge in [-0.15, -0.1) is 0 Å². The van der Waals surface area contributed by atoms with Crippen molar-refractivity contribution in [2.45, 2.75) is 0 Å². The number of thiophene rings is 1. The lowest BCUT2D eigenvalue weighted by molar-refractivity contribution is -0.400. The first kappa shape index (κ1) is 9.33. The molecule has 0 radical (unpaired) electrons. The van der Waals surface area contributed by atoms with Crippen LogP contribution in [-0.4, -0.2) is 9.85 Å². The lowest BCUT2D eigenvalue weighted by Gasteiger charge is -1.80. The second-order valence-electron chi connectivity index (χ2n) is 2.03. The third-order valence-corrected chi connectivity index (χ3v) is 2.16. The van der Waals surface area contributed by atoms with Gasteiger partial charge in [0.05, 0.1) is 9.85 Å². The molecule has 68 valence electrons. The highest BCUT2D eigenvalue weighted by molar-refractivity contribution is 7.16. The molecular formula is C6H4N2O4S. The van der Waals surface area contributed by atoms with Crippen molar-refractivity contribution in [2.75, 3.05) is 0 Å². The maximum atomic E-state index is 10.2. The summed E-state index contributed by atoms with van der Waals surface area (Å²) in [5.74, 6) is 0. The van der Waals surface area contributed by atoms with Gasteiger partial charge in [-0.2, -0.15) is 0 Å². The van der Waals surface area contributed by atoms with Crippen molar-refractivity contribution in [1.82, 2.24) is 0 Å². The minimum Gasteiger partial charge on any atom is -0.259 e. The fraction of sp³-hybridized carbons (Fsp3) is 0. The van der Waals surface area contributed by atoms with Gasteiger partial charge in [0.1, 0.15) is 0 Å². The molecule has 0 N–H and O–H groups in total. The van der Waals surface area contributed by atoms with E-state index in [1.807, 2.05) is 0 Å². The zero-order valence-corrected chi connectivity index (χ0v) is 7.06. The molecule has 0 aliphatic carbocycles. The molecule has 13 heavy (non-hydrogen) atoms. The fourth-order valence-electron chi connectivity index (χ4n) is 0.664. The lowest BCUT2D eigenvalue weighted by Crippen LogP contribution is -1.81. The normalized spacial score (nSPS) is 10.5. The van der Waals surface area contributed by atoms with Gasteiger partial charge in [0, 0.05) is 17.0 Å². The van der Waals surface area contributed by atoms with Crippen LogP contribution in [0.15, 0.2) is 18.3 Å². The Morgan fingerprint density at radius 2 is 2.00 bits per heavy atom. The van der Waals surface area contributed by atoms with E-state index in [1.165, 1.54) is 18.2 Å². The predicted molar refractivity (Wildman–Crippen MR) is 47.0 cm³/mol. The summed E-state index contributed by atoms with van der Waals surface area (Å²) in [4.78, 5) is 19.4. The SMILES string of the molecule is O=[N+]([O-])C=Cc1ccc([N+](=O)[O-])s1. The van der Waals surface area contributed by atoms with E-state index in [9.17, 15) is 20.2 Å². The molecule has 1 rings (SSSR count). The topological polar surface area (TPSA) is 86.3 Å². The van der Waals surface area contributed by atoms with Gasteiger partial charge in [0.15, 0.2) is 0 Å². The van der Waals surface area contributed by atoms with E-state index in [4.69, 9.17) is 0 Å². The van der Waals surface area contributed by atoms with Crippen LogP contribution in [0.1, 0.15) is 4.88 Å². The van der Waals surface area contributed by atoms with Crippen LogP contribution < -0.4 is 0 Å². The molecule has 0 bridgehead atoms. The molecule has 1 aromatic rings. The molecule has 0 unspecified atom stereocenters. The first-order chi connectivity index (χ1) is 6.09. The van der Waals surface area contributed by atoms with Gasteiger partial charge in [-0.25, -0.2) is 0 Å². The number of nitro groups is 2. The summed E-state index contributed by atoms with van der Waals surface area (Å²) >= 11 is 0.893. The first-order valence-electron chi connectivity index (χ1n) is 3.15. The summed E-state index contributed by atoms with van der Waals surface area (Å²) in [7, 11) is 0. The molecule has 6 nitrogen and oxygen atoms in total. The van der Waals surface area contributed by atoms with Crippen molar-refractivity contribution in [3.63, 3.8) is 0 Å². The molecular weight excluding hydrogens is 196 g/mol. The second-order valence-corrected chi connectivity index (χ2v) is 3.13. The van der Waals surface area contributed by atoms with Gasteiger partial charge in [0.25, 0.3) is 0 Å². The van der Waals surface area contributed by atoms with Gasteiger partial charge in [0.2, 0.25) is 6.20 Å². The van der Waals surface area contributed by atoms with Crippen LogP contribution in [0, 0.1) is 20.2 Å². The van der Waals surface area contributed by atoms with Crippen molar-refractivity contribution in [1.29, 1.82) is 0 Å². The van der Waals surface area contributed by atoms with Gasteiger partial charge in [-0.3, -0.25) is 20.2 Å². The summed E-state index contributed by atoms with van der Waals surface area (Å²) in [6.07, 6.45) is 1.97. The van der Waals surface area contributed by atoms with Gasteiger partial charge >= 0.3 is 5.00 Å². The largest absolute Gasteiger partial charge is 0.324 e. The van der Waals surface area contributed by atoms with E-state index >= 15 is 0 Å². The number of nitrogens with zero attached hydrogens (tertiary/aromatic N) is 2. The zero-order valence-electron chi connectivity index (χ0n) is 6.25. The Morgan fingerprint density at radius 1 is 1.31 bits per heavy atom. The molecule has 0 fully saturated rings. The predicted octanol–water partition coefficient (Wildman–Crippen LogP) is 1.90. The lowest BCUT2D eigenvalue weighted by atomic mass is 10.4. The first-order valence-corrected chi connectivity index (χ1v) is 3.97. The van der Waals surface area contributed by atoms with Crippen molar-refractivity contribution in [3.8, 4) is 0 Å². The molecule has 7 heteroatoms. The molecule has 0 atom stereocenters. The van der Waals surface area contributed by atoms with Gasteiger partial charge < -0.3 is 0 Å². The maximum Gasteiger partial charge on any atom is 0.324 e. The molecule has 0 saturated heterocycles. The van der Waals surface area contributed by atoms with E-state index in [2.05, 4.69) is 0 Å². The Hall–Kier alpha value is -1.76. The summed E-state index contributed by atoms with van der Waals surface area (Å²) in [6, 6.07) is 2.77. The van der Waals surface area contributed by atoms with Crippen LogP contribution in [0.4, 0.5) is 5.00 Å². The number of hydrogen-bond acceptors (Lipinski definition) is 5. The average Bonchev–Trinajstić information content (AvgIpc) is 2.48. The molecule has 1 aromatic heterocycles. The highest BCUT2D eigenvalue weighted by atomic mass is 32.1. The summed E-state index contributed by atoms with van der Waals surface area (Å²) < 4.78 is 0. The highest BCUT2D eigenvalue weighted by Gasteiger charge is 2.07. The molecule has 0 spiro atoms. The number of rotatable bonds is 3. The standard InChI is InChI=1S/C6H4N2O4S/c9-7(10)4-3-5-1-2-6(13-5)8(11)12/h1-4H. The minimum absolute atomic E-state index is 0.0250. The number of hydrogen-bond donors (Lipinski definition) is 0. The Kier molecular flexibility index (Phi) is 2.70. The summed E-state index contributed by atoms with van der Waals surface area (Å²) in [5, 5.41) is 20.1. The molecule has 0 amide bonds. The maximum absolute atomic E-state index is 10.2. The Bertz CT molecular complexity index is 370. The molecule has 0 aromatic carbocycles. The Labute approximate surface area is 76.4 Å². The van der Waals surface area contributed by atoms with Gasteiger partial charge in [-0.1, -0.05) is 11.3 Å². The molecule has 0 aliphatic heterocycles. The van der Waals surface area contributed by atoms with Crippen LogP contribution in [0.3, 0.4) is 0 Å². The monoisotopic (exact) mass is 200 g/mol. The minimum atomic E-state index is -0.619. The van der Waals surface area contributed by atoms with E-state index < -0.39 is 9.85 Å². The zero-order chi connectivity index (χ0) is 9.84. The third-order valence-electron chi connectivity index (χ3n) is 1.15. The quantitative estimate of drug-likeness (QED) is 0.550. The van der Waals surface area contributed by atoms with Crippen LogP contribution in [0.2, 0.25) is 0 Å². The van der Waals surface area contributed by atoms with Crippen LogP contribution in [0.25, 0.3) is 6.08 Å². The van der Waals surface area contributed by atoms with E-state index in [1.54, 1.807) is 0 Å². The molecule has 1 heterocycles. The summed E-state index contributed by atoms with van der Waals surface area (Å²) in [5.41, 5.74) is 0. The van der Waals surface area contributed by atoms with Crippen LogP contribution >= 0.6 is 11.3 Å². The van der Waals surface area contributed by atoms with E-state index in [0.717, 1.165) is 17.5 Å². The smallest absolute Gasteiger partial charge is 0.259 e. The van der Waals surface area contributed by atoms with Crippen molar-refractivity contribution in [3.05, 3.63) is 43.4 Å². The van der Waals surface area contributed by atoms with Crippen molar-refractivity contribution in [2.24, 2.45) is 0 Å². The molecule has 0 aliphatic rings. The fourth-order valence-corrected chi connectivity index (χ4v) is 1.38. The van der Waals surface area contributed by atoms with E-state index in [-0.39, 0.29) is 5.00 Å². The van der Waals surface area contributed by atoms with Gasteiger partial charge in [-0.05, 0) is 6.07 Å². The average molecular weight is 200 g/mol. The Balaban J connectivity index is 2.80. The summed E-state index contributed by atoms with van der Waals surface area (Å²) in [6.45, 7) is 0. The Morgan fingerprint density at radius 3 is 2.46 bits per heavy atom. The van der Waals surface area contributed by atoms with Crippen LogP contribution in [0.5, 0.6) is 0 Å². The second kappa shape index (κ2) is 3.76. The third kappa shape index (κ3) is 2.64. The van der Waals surface area contributed by atoms with E-state index in [0.29, 0.717) is 4.88 Å². The molecule has 0 saturated carbocycles.